The van der Waals surface area contributed by atoms with E-state index < -0.39 is 18.5 Å². The van der Waals surface area contributed by atoms with Crippen LogP contribution in [-0.4, -0.2) is 30.6 Å². The van der Waals surface area contributed by atoms with Gasteiger partial charge in [0.05, 0.1) is 17.8 Å². The number of carbonyl (C=O) groups excluding carboxylic acids is 2. The number of pyridine rings is 1. The quantitative estimate of drug-likeness (QED) is 0.621. The van der Waals surface area contributed by atoms with E-state index >= 15 is 0 Å². The first-order chi connectivity index (χ1) is 11.4. The molecular weight excluding hydrogens is 379 g/mol. The fraction of sp³-hybridized carbons (Fsp3) is 0.133. The van der Waals surface area contributed by atoms with Crippen LogP contribution in [0.15, 0.2) is 30.3 Å². The zero-order valence-electron chi connectivity index (χ0n) is 12.3. The van der Waals surface area contributed by atoms with Gasteiger partial charge in [-0.2, -0.15) is 0 Å². The number of nitrogens with zero attached hydrogens (tertiary/aromatic N) is 1. The molecule has 0 saturated carbocycles. The lowest BCUT2D eigenvalue weighted by Gasteiger charge is -2.11. The van der Waals surface area contributed by atoms with E-state index in [4.69, 9.17) is 44.3 Å². The van der Waals surface area contributed by atoms with E-state index in [0.29, 0.717) is 16.5 Å². The van der Waals surface area contributed by atoms with Gasteiger partial charge in [-0.05, 0) is 30.3 Å². The average molecular weight is 390 g/mol. The molecule has 1 aromatic heterocycles. The number of nitrogens with one attached hydrogen (secondary N) is 1. The van der Waals surface area contributed by atoms with Gasteiger partial charge >= 0.3 is 5.97 Å². The second-order valence-electron chi connectivity index (χ2n) is 4.43. The number of benzene rings is 1. The Morgan fingerprint density at radius 2 is 1.92 bits per heavy atom. The molecule has 0 atom stereocenters. The van der Waals surface area contributed by atoms with Crippen LogP contribution in [0.4, 0.5) is 5.69 Å². The summed E-state index contributed by atoms with van der Waals surface area (Å²) in [6, 6.07) is 7.56. The standard InChI is InChI=1S/C15H11Cl3N2O4/c1-23-11-4-2-8(16)6-10(11)19-13(21)7-24-15(22)14-9(17)3-5-12(18)20-14/h2-6H,7H2,1H3,(H,19,21). The summed E-state index contributed by atoms with van der Waals surface area (Å²) in [5.74, 6) is -1.03. The Kier molecular flexibility index (Phi) is 6.25. The van der Waals surface area contributed by atoms with Gasteiger partial charge in [-0.1, -0.05) is 34.8 Å². The van der Waals surface area contributed by atoms with E-state index in [1.807, 2.05) is 0 Å². The number of halogens is 3. The van der Waals surface area contributed by atoms with Crippen LogP contribution in [0, 0.1) is 0 Å². The Balaban J connectivity index is 2.00. The van der Waals surface area contributed by atoms with Crippen LogP contribution in [0.5, 0.6) is 5.75 Å². The molecule has 0 fully saturated rings. The number of carbonyl (C=O) groups is 2. The summed E-state index contributed by atoms with van der Waals surface area (Å²) in [4.78, 5) is 27.6. The number of amides is 1. The molecule has 0 unspecified atom stereocenters. The van der Waals surface area contributed by atoms with Crippen molar-refractivity contribution >= 4 is 52.4 Å². The predicted octanol–water partition coefficient (Wildman–Crippen LogP) is 3.85. The minimum absolute atomic E-state index is 0.0707. The van der Waals surface area contributed by atoms with Gasteiger partial charge in [-0.3, -0.25) is 4.79 Å². The fourth-order valence-corrected chi connectivity index (χ4v) is 2.23. The van der Waals surface area contributed by atoms with Crippen molar-refractivity contribution < 1.29 is 19.1 Å². The molecule has 0 aliphatic heterocycles. The van der Waals surface area contributed by atoms with Gasteiger partial charge in [-0.25, -0.2) is 9.78 Å². The fourth-order valence-electron chi connectivity index (χ4n) is 1.73. The van der Waals surface area contributed by atoms with E-state index in [0.717, 1.165) is 0 Å². The summed E-state index contributed by atoms with van der Waals surface area (Å²) in [7, 11) is 1.45. The van der Waals surface area contributed by atoms with E-state index in [9.17, 15) is 9.59 Å². The molecule has 6 nitrogen and oxygen atoms in total. The molecule has 2 rings (SSSR count). The number of esters is 1. The third-order valence-electron chi connectivity index (χ3n) is 2.78. The first kappa shape index (κ1) is 18.3. The van der Waals surface area contributed by atoms with Crippen LogP contribution in [0.3, 0.4) is 0 Å². The van der Waals surface area contributed by atoms with Gasteiger partial charge in [0.25, 0.3) is 5.91 Å². The maximum absolute atomic E-state index is 11.9. The minimum Gasteiger partial charge on any atom is -0.495 e. The molecule has 2 aromatic rings. The maximum Gasteiger partial charge on any atom is 0.359 e. The molecule has 1 amide bonds. The third-order valence-corrected chi connectivity index (χ3v) is 3.53. The van der Waals surface area contributed by atoms with Crippen molar-refractivity contribution in [1.82, 2.24) is 4.98 Å². The lowest BCUT2D eigenvalue weighted by atomic mass is 10.3. The molecule has 9 heteroatoms. The number of rotatable bonds is 5. The first-order valence-electron chi connectivity index (χ1n) is 6.53. The molecule has 126 valence electrons. The third kappa shape index (κ3) is 4.74. The Hall–Kier alpha value is -2.02. The Labute approximate surface area is 152 Å². The van der Waals surface area contributed by atoms with Gasteiger partial charge < -0.3 is 14.8 Å². The zero-order chi connectivity index (χ0) is 17.7. The van der Waals surface area contributed by atoms with Crippen LogP contribution in [-0.2, 0) is 9.53 Å². The molecule has 0 aliphatic carbocycles. The number of ether oxygens (including phenoxy) is 2. The van der Waals surface area contributed by atoms with E-state index in [2.05, 4.69) is 10.3 Å². The lowest BCUT2D eigenvalue weighted by Crippen LogP contribution is -2.21. The van der Waals surface area contributed by atoms with E-state index in [1.165, 1.54) is 25.3 Å². The molecule has 0 aliphatic rings. The van der Waals surface area contributed by atoms with Gasteiger partial charge in [-0.15, -0.1) is 0 Å². The van der Waals surface area contributed by atoms with Crippen molar-refractivity contribution in [2.75, 3.05) is 19.0 Å². The van der Waals surface area contributed by atoms with Crippen molar-refractivity contribution in [2.45, 2.75) is 0 Å². The molecule has 0 spiro atoms. The SMILES string of the molecule is COc1ccc(Cl)cc1NC(=O)COC(=O)c1nc(Cl)ccc1Cl. The van der Waals surface area contributed by atoms with Gasteiger partial charge in [0.15, 0.2) is 12.3 Å². The summed E-state index contributed by atoms with van der Waals surface area (Å²) >= 11 is 17.4. The highest BCUT2D eigenvalue weighted by Crippen LogP contribution is 2.27. The average Bonchev–Trinajstić information content (AvgIpc) is 2.55. The van der Waals surface area contributed by atoms with Crippen LogP contribution < -0.4 is 10.1 Å². The summed E-state index contributed by atoms with van der Waals surface area (Å²) in [5, 5.41) is 3.10. The zero-order valence-corrected chi connectivity index (χ0v) is 14.6. The normalized spacial score (nSPS) is 10.2. The number of hydrogen-bond donors (Lipinski definition) is 1. The van der Waals surface area contributed by atoms with E-state index in [1.54, 1.807) is 12.1 Å². The first-order valence-corrected chi connectivity index (χ1v) is 7.66. The molecule has 0 bridgehead atoms. The number of methoxy groups -OCH3 is 1. The summed E-state index contributed by atoms with van der Waals surface area (Å²) in [6.45, 7) is -0.543. The summed E-state index contributed by atoms with van der Waals surface area (Å²) in [6.07, 6.45) is 0. The highest BCUT2D eigenvalue weighted by atomic mass is 35.5. The Morgan fingerprint density at radius 1 is 1.17 bits per heavy atom. The minimum atomic E-state index is -0.865. The van der Waals surface area contributed by atoms with Crippen molar-refractivity contribution in [1.29, 1.82) is 0 Å². The molecule has 1 heterocycles. The highest BCUT2D eigenvalue weighted by molar-refractivity contribution is 6.34. The summed E-state index contributed by atoms with van der Waals surface area (Å²) < 4.78 is 9.97. The van der Waals surface area contributed by atoms with E-state index in [-0.39, 0.29) is 15.9 Å². The predicted molar refractivity (Wildman–Crippen MR) is 91.2 cm³/mol. The molecule has 1 N–H and O–H groups in total. The second-order valence-corrected chi connectivity index (χ2v) is 5.66. The molecule has 0 saturated heterocycles. The highest BCUT2D eigenvalue weighted by Gasteiger charge is 2.17. The maximum atomic E-state index is 11.9. The molecule has 1 aromatic carbocycles. The number of hydrogen-bond acceptors (Lipinski definition) is 5. The molecule has 0 radical (unpaired) electrons. The van der Waals surface area contributed by atoms with Crippen molar-refractivity contribution in [3.63, 3.8) is 0 Å². The largest absolute Gasteiger partial charge is 0.495 e. The van der Waals surface area contributed by atoms with Gasteiger partial charge in [0, 0.05) is 5.02 Å². The van der Waals surface area contributed by atoms with Crippen LogP contribution in [0.25, 0.3) is 0 Å². The van der Waals surface area contributed by atoms with Crippen molar-refractivity contribution in [3.05, 3.63) is 51.2 Å². The molecular formula is C15H11Cl3N2O4. The molecule has 24 heavy (non-hydrogen) atoms. The topological polar surface area (TPSA) is 77.5 Å². The van der Waals surface area contributed by atoms with Crippen molar-refractivity contribution in [2.24, 2.45) is 0 Å². The number of anilines is 1. The van der Waals surface area contributed by atoms with Crippen LogP contribution in [0.2, 0.25) is 15.2 Å². The smallest absolute Gasteiger partial charge is 0.359 e. The van der Waals surface area contributed by atoms with Crippen LogP contribution in [0.1, 0.15) is 10.5 Å². The monoisotopic (exact) mass is 388 g/mol. The van der Waals surface area contributed by atoms with Gasteiger partial charge in [0.2, 0.25) is 0 Å². The Morgan fingerprint density at radius 3 is 2.62 bits per heavy atom. The van der Waals surface area contributed by atoms with Crippen molar-refractivity contribution in [3.8, 4) is 5.75 Å². The second kappa shape index (κ2) is 8.19. The Bertz CT molecular complexity index is 783. The summed E-state index contributed by atoms with van der Waals surface area (Å²) in [5.41, 5.74) is 0.183. The lowest BCUT2D eigenvalue weighted by molar-refractivity contribution is -0.119. The van der Waals surface area contributed by atoms with Crippen LogP contribution >= 0.6 is 34.8 Å². The number of aromatic nitrogens is 1. The van der Waals surface area contributed by atoms with Gasteiger partial charge in [0.1, 0.15) is 10.9 Å².